The zero-order valence-electron chi connectivity index (χ0n) is 15.2. The van der Waals surface area contributed by atoms with Gasteiger partial charge in [0, 0.05) is 48.9 Å². The quantitative estimate of drug-likeness (QED) is 0.173. The van der Waals surface area contributed by atoms with Gasteiger partial charge in [-0.1, -0.05) is 39.0 Å². The maximum Gasteiger partial charge on any atom is 0.202 e. The molecule has 25 heavy (non-hydrogen) atoms. The van der Waals surface area contributed by atoms with Crippen LogP contribution in [0.4, 0.5) is 0 Å². The number of aryl methyl sites for hydroxylation is 1. The van der Waals surface area contributed by atoms with Gasteiger partial charge in [-0.2, -0.15) is 6.61 Å². The van der Waals surface area contributed by atoms with Crippen LogP contribution in [0.2, 0.25) is 0 Å². The fourth-order valence-electron chi connectivity index (χ4n) is 1.68. The molecule has 0 amide bonds. The fourth-order valence-corrected chi connectivity index (χ4v) is 3.54. The molecule has 0 saturated heterocycles. The molecule has 2 N–H and O–H groups in total. The maximum atomic E-state index is 10.1. The van der Waals surface area contributed by atoms with Crippen molar-refractivity contribution in [1.29, 1.82) is 0 Å². The first kappa shape index (κ1) is 25.7. The largest absolute Gasteiger partial charge is 0.552 e. The van der Waals surface area contributed by atoms with Gasteiger partial charge < -0.3 is 24.2 Å². The third-order valence-electron chi connectivity index (χ3n) is 3.15. The van der Waals surface area contributed by atoms with E-state index >= 15 is 0 Å². The second kappa shape index (κ2) is 13.8. The molecule has 1 aromatic carbocycles. The summed E-state index contributed by atoms with van der Waals surface area (Å²) in [4.78, 5) is 0. The van der Waals surface area contributed by atoms with Gasteiger partial charge in [-0.05, 0) is 31.3 Å². The summed E-state index contributed by atoms with van der Waals surface area (Å²) in [7, 11) is 1.75. The molecule has 1 rings (SSSR count). The summed E-state index contributed by atoms with van der Waals surface area (Å²) in [6.45, 7) is 7.18. The number of benzene rings is 1. The summed E-state index contributed by atoms with van der Waals surface area (Å²) in [6, 6.07) is 7.75. The van der Waals surface area contributed by atoms with Crippen molar-refractivity contribution in [3.63, 3.8) is 0 Å². The van der Waals surface area contributed by atoms with Crippen LogP contribution in [0.5, 0.6) is 5.75 Å². The molecule has 0 fully saturated rings. The number of hydrogen-bond acceptors (Lipinski definition) is 6. The number of aliphatic hydroxyl groups excluding tert-OH is 2. The van der Waals surface area contributed by atoms with Crippen molar-refractivity contribution < 1.29 is 55.3 Å². The molecule has 0 aliphatic carbocycles. The Labute approximate surface area is 180 Å². The molecule has 0 heterocycles. The van der Waals surface area contributed by atoms with Crippen molar-refractivity contribution in [3.8, 4) is 5.75 Å². The Kier molecular flexibility index (Phi) is 14.2. The first-order chi connectivity index (χ1) is 11.4. The summed E-state index contributed by atoms with van der Waals surface area (Å²) in [5, 5.41) is 19.2. The van der Waals surface area contributed by atoms with Gasteiger partial charge >= 0.3 is 0 Å². The average Bonchev–Trinajstić information content (AvgIpc) is 2.54. The zero-order valence-corrected chi connectivity index (χ0v) is 21.2. The summed E-state index contributed by atoms with van der Waals surface area (Å²) < 4.78 is 16.1. The molecule has 0 aliphatic rings. The molecule has 8 heteroatoms. The minimum Gasteiger partial charge on any atom is -0.552 e. The van der Waals surface area contributed by atoms with E-state index < -0.39 is 12.4 Å². The van der Waals surface area contributed by atoms with Gasteiger partial charge in [-0.15, -0.1) is 11.4 Å². The number of ether oxygens (including phenoxy) is 2. The molecule has 0 saturated carbocycles. The van der Waals surface area contributed by atoms with E-state index in [4.69, 9.17) is 19.1 Å². The van der Waals surface area contributed by atoms with Crippen molar-refractivity contribution in [1.82, 2.24) is 0 Å². The molecular weight excluding hydrogens is 585 g/mol. The van der Waals surface area contributed by atoms with Gasteiger partial charge in [-0.3, -0.25) is 0 Å². The van der Waals surface area contributed by atoms with E-state index in [0.29, 0.717) is 5.75 Å². The molecule has 0 bridgehead atoms. The van der Waals surface area contributed by atoms with Crippen molar-refractivity contribution in [3.05, 3.63) is 36.4 Å². The molecule has 5 nitrogen and oxygen atoms in total. The summed E-state index contributed by atoms with van der Waals surface area (Å²) >= 11 is 1.65. The first-order valence-corrected chi connectivity index (χ1v) is 10.4. The fraction of sp³-hybridized carbons (Fsp3) is 0.588. The Bertz CT molecular complexity index is 473. The van der Waals surface area contributed by atoms with E-state index in [2.05, 4.69) is 0 Å². The molecule has 3 unspecified atom stereocenters. The van der Waals surface area contributed by atoms with Crippen LogP contribution in [0.3, 0.4) is 0 Å². The molecule has 1 aromatic rings. The summed E-state index contributed by atoms with van der Waals surface area (Å²) in [5.74, 6) is 1.57. The minimum absolute atomic E-state index is 0. The number of aliphatic hydroxyl groups is 2. The van der Waals surface area contributed by atoms with E-state index in [1.807, 2.05) is 45.0 Å². The van der Waals surface area contributed by atoms with Crippen LogP contribution in [0, 0.1) is 43.1 Å². The minimum atomic E-state index is -0.855. The second-order valence-corrected chi connectivity index (χ2v) is 8.80. The second-order valence-electron chi connectivity index (χ2n) is 6.34. The van der Waals surface area contributed by atoms with Gasteiger partial charge in [0.25, 0.3) is 0 Å². The normalized spacial score (nSPS) is 14.3. The van der Waals surface area contributed by atoms with Crippen molar-refractivity contribution >= 4 is 19.4 Å². The predicted octanol–water partition coefficient (Wildman–Crippen LogP) is 3.40. The van der Waals surface area contributed by atoms with E-state index in [9.17, 15) is 5.11 Å². The van der Waals surface area contributed by atoms with E-state index in [1.54, 1.807) is 11.4 Å². The van der Waals surface area contributed by atoms with Crippen molar-refractivity contribution in [2.75, 3.05) is 19.5 Å². The van der Waals surface area contributed by atoms with Crippen molar-refractivity contribution in [2.24, 2.45) is 5.41 Å². The Balaban J connectivity index is 0.00000576. The number of para-hydroxylation sites is 1. The molecule has 0 aliphatic heterocycles. The van der Waals surface area contributed by atoms with E-state index in [-0.39, 0.29) is 51.1 Å². The number of hydrogen-bond donors (Lipinski definition) is 2. The Morgan fingerprint density at radius 2 is 1.96 bits per heavy atom. The third kappa shape index (κ3) is 10.6. The average molecular weight is 613 g/mol. The van der Waals surface area contributed by atoms with Crippen molar-refractivity contribution in [2.45, 2.75) is 39.6 Å². The molecule has 0 radical (unpaired) electrons. The molecule has 0 spiro atoms. The first-order valence-electron chi connectivity index (χ1n) is 7.80. The molecular formula is C17H28O5PSU-. The third-order valence-corrected chi connectivity index (χ3v) is 5.33. The maximum absolute atomic E-state index is 10.1. The Morgan fingerprint density at radius 3 is 2.56 bits per heavy atom. The van der Waals surface area contributed by atoms with Gasteiger partial charge in [0.05, 0.1) is 8.01 Å². The Hall–Kier alpha value is 0.692. The van der Waals surface area contributed by atoms with Crippen LogP contribution in [-0.4, -0.2) is 42.1 Å². The predicted molar refractivity (Wildman–Crippen MR) is 100 cm³/mol. The van der Waals surface area contributed by atoms with Gasteiger partial charge in [0.2, 0.25) is 6.29 Å². The zero-order chi connectivity index (χ0) is 18.0. The monoisotopic (exact) mass is 613 g/mol. The van der Waals surface area contributed by atoms with Gasteiger partial charge in [-0.25, -0.2) is 0 Å². The van der Waals surface area contributed by atoms with Crippen LogP contribution >= 0.6 is 19.4 Å². The van der Waals surface area contributed by atoms with Gasteiger partial charge in [0.15, 0.2) is 0 Å². The number of methoxy groups -OCH3 is 1. The summed E-state index contributed by atoms with van der Waals surface area (Å²) in [6.07, 6.45) is -0.434. The SMILES string of the molecule is CO[CH-]C(CO)OPSCCc1ccccc1OC(O)C(C)(C)C.[U]. The number of rotatable bonds is 11. The van der Waals surface area contributed by atoms with Crippen LogP contribution in [0.15, 0.2) is 24.3 Å². The molecule has 142 valence electrons. The van der Waals surface area contributed by atoms with Gasteiger partial charge in [0.1, 0.15) is 5.75 Å². The van der Waals surface area contributed by atoms with E-state index in [1.165, 1.54) is 13.7 Å². The molecule has 0 aromatic heterocycles. The van der Waals surface area contributed by atoms with E-state index in [0.717, 1.165) is 17.7 Å². The standard InChI is InChI=1S/C17H28O5PS.U/c1-17(2,3)16(19)21-15-8-6-5-7-13(15)9-10-24-23-22-14(11-18)12-20-4;/h5-8,12,14,16,18-19,23H,9-11H2,1-4H3;/q-1;. The smallest absolute Gasteiger partial charge is 0.202 e. The topological polar surface area (TPSA) is 68.2 Å². The van der Waals surface area contributed by atoms with Crippen LogP contribution in [0.1, 0.15) is 26.3 Å². The molecule has 3 atom stereocenters. The van der Waals surface area contributed by atoms with Crippen LogP contribution in [-0.2, 0) is 15.7 Å². The summed E-state index contributed by atoms with van der Waals surface area (Å²) in [5.41, 5.74) is 0.717. The van der Waals surface area contributed by atoms with Crippen LogP contribution < -0.4 is 4.74 Å². The Morgan fingerprint density at radius 1 is 1.28 bits per heavy atom. The van der Waals surface area contributed by atoms with Crippen LogP contribution in [0.25, 0.3) is 0 Å².